The van der Waals surface area contributed by atoms with Gasteiger partial charge >= 0.3 is 0 Å². The molecular formula is C15H15ClN4O2. The van der Waals surface area contributed by atoms with E-state index in [9.17, 15) is 9.59 Å². The first-order valence-corrected chi connectivity index (χ1v) is 7.45. The van der Waals surface area contributed by atoms with Crippen LogP contribution in [0.25, 0.3) is 0 Å². The van der Waals surface area contributed by atoms with Crippen molar-refractivity contribution >= 4 is 34.9 Å². The van der Waals surface area contributed by atoms with Gasteiger partial charge in [0.25, 0.3) is 5.91 Å². The Morgan fingerprint density at radius 2 is 2.14 bits per heavy atom. The molecule has 0 unspecified atom stereocenters. The van der Waals surface area contributed by atoms with Crippen molar-refractivity contribution in [1.82, 2.24) is 10.2 Å². The summed E-state index contributed by atoms with van der Waals surface area (Å²) >= 11 is 5.47. The topological polar surface area (TPSA) is 78.1 Å². The number of hydrogen-bond acceptors (Lipinski definition) is 3. The first-order chi connectivity index (χ1) is 10.6. The van der Waals surface area contributed by atoms with E-state index in [0.29, 0.717) is 24.5 Å². The summed E-state index contributed by atoms with van der Waals surface area (Å²) in [6, 6.07) is 7.78. The van der Waals surface area contributed by atoms with Gasteiger partial charge in [-0.25, -0.2) is 0 Å². The Labute approximate surface area is 132 Å². The second kappa shape index (κ2) is 5.81. The number of aryl methyl sites for hydroxylation is 1. The molecule has 7 heteroatoms. The Morgan fingerprint density at radius 1 is 1.41 bits per heavy atom. The molecule has 0 saturated heterocycles. The zero-order chi connectivity index (χ0) is 15.7. The monoisotopic (exact) mass is 318 g/mol. The highest BCUT2D eigenvalue weighted by Gasteiger charge is 2.30. The number of aromatic nitrogens is 2. The Hall–Kier alpha value is -2.34. The lowest BCUT2D eigenvalue weighted by Crippen LogP contribution is -2.37. The number of alkyl halides is 1. The summed E-state index contributed by atoms with van der Waals surface area (Å²) in [6.07, 6.45) is 0.614. The van der Waals surface area contributed by atoms with Crippen molar-refractivity contribution in [1.29, 1.82) is 0 Å². The second-order valence-corrected chi connectivity index (χ2v) is 5.42. The molecule has 0 spiro atoms. The lowest BCUT2D eigenvalue weighted by Gasteiger charge is -2.26. The van der Waals surface area contributed by atoms with E-state index in [1.807, 2.05) is 31.2 Å². The molecule has 114 valence electrons. The summed E-state index contributed by atoms with van der Waals surface area (Å²) in [5.41, 5.74) is 3.13. The van der Waals surface area contributed by atoms with Crippen LogP contribution in [0.1, 0.15) is 21.6 Å². The molecule has 1 aromatic carbocycles. The lowest BCUT2D eigenvalue weighted by molar-refractivity contribution is -0.113. The zero-order valence-electron chi connectivity index (χ0n) is 12.0. The third kappa shape index (κ3) is 2.57. The van der Waals surface area contributed by atoms with E-state index in [1.165, 1.54) is 0 Å². The van der Waals surface area contributed by atoms with Crippen LogP contribution in [0.5, 0.6) is 0 Å². The maximum Gasteiger partial charge on any atom is 0.276 e. The van der Waals surface area contributed by atoms with Gasteiger partial charge in [-0.2, -0.15) is 5.10 Å². The first-order valence-electron chi connectivity index (χ1n) is 6.91. The number of halogens is 1. The van der Waals surface area contributed by atoms with Gasteiger partial charge in [0.05, 0.1) is 0 Å². The number of carbonyl (C=O) groups excluding carboxylic acids is 2. The molecule has 3 rings (SSSR count). The number of hydrogen-bond donors (Lipinski definition) is 2. The standard InChI is InChI=1S/C15H15ClN4O2/c1-9-2-4-10(5-3-9)20-7-6-11-13(15(20)22)18-19-14(11)17-12(21)8-16/h2-5H,6-8H2,1H3,(H2,17,18,19,21). The van der Waals surface area contributed by atoms with Crippen molar-refractivity contribution in [2.45, 2.75) is 13.3 Å². The largest absolute Gasteiger partial charge is 0.308 e. The fourth-order valence-electron chi connectivity index (χ4n) is 2.49. The fraction of sp³-hybridized carbons (Fsp3) is 0.267. The van der Waals surface area contributed by atoms with Gasteiger partial charge in [0, 0.05) is 17.8 Å². The van der Waals surface area contributed by atoms with Gasteiger partial charge in [0.1, 0.15) is 11.6 Å². The minimum atomic E-state index is -0.343. The van der Waals surface area contributed by atoms with Gasteiger partial charge in [0.15, 0.2) is 5.82 Å². The molecule has 0 fully saturated rings. The third-order valence-corrected chi connectivity index (χ3v) is 3.88. The van der Waals surface area contributed by atoms with Crippen LogP contribution in [0.3, 0.4) is 0 Å². The summed E-state index contributed by atoms with van der Waals surface area (Å²) in [6.45, 7) is 2.54. The van der Waals surface area contributed by atoms with E-state index in [0.717, 1.165) is 16.8 Å². The second-order valence-electron chi connectivity index (χ2n) is 5.15. The average Bonchev–Trinajstić information content (AvgIpc) is 2.92. The number of aromatic amines is 1. The molecule has 22 heavy (non-hydrogen) atoms. The predicted octanol–water partition coefficient (Wildman–Crippen LogP) is 2.10. The van der Waals surface area contributed by atoms with E-state index in [4.69, 9.17) is 11.6 Å². The summed E-state index contributed by atoms with van der Waals surface area (Å²) in [4.78, 5) is 25.7. The molecule has 0 aliphatic carbocycles. The third-order valence-electron chi connectivity index (χ3n) is 3.64. The van der Waals surface area contributed by atoms with Crippen molar-refractivity contribution in [2.24, 2.45) is 0 Å². The minimum absolute atomic E-state index is 0.148. The molecule has 2 N–H and O–H groups in total. The maximum absolute atomic E-state index is 12.6. The van der Waals surface area contributed by atoms with E-state index < -0.39 is 0 Å². The molecule has 1 aliphatic heterocycles. The van der Waals surface area contributed by atoms with Crippen LogP contribution < -0.4 is 10.2 Å². The molecule has 0 atom stereocenters. The highest BCUT2D eigenvalue weighted by molar-refractivity contribution is 6.29. The van der Waals surface area contributed by atoms with E-state index in [2.05, 4.69) is 15.5 Å². The number of fused-ring (bicyclic) bond motifs is 1. The first kappa shape index (κ1) is 14.6. The Morgan fingerprint density at radius 3 is 2.82 bits per heavy atom. The van der Waals surface area contributed by atoms with Crippen molar-refractivity contribution < 1.29 is 9.59 Å². The molecule has 1 aliphatic rings. The molecule has 2 heterocycles. The summed E-state index contributed by atoms with van der Waals surface area (Å²) in [5, 5.41) is 9.33. The smallest absolute Gasteiger partial charge is 0.276 e. The van der Waals surface area contributed by atoms with Crippen molar-refractivity contribution in [3.05, 3.63) is 41.1 Å². The van der Waals surface area contributed by atoms with Gasteiger partial charge in [-0.05, 0) is 25.5 Å². The molecule has 2 amide bonds. The van der Waals surface area contributed by atoms with Crippen LogP contribution in [-0.2, 0) is 11.2 Å². The quantitative estimate of drug-likeness (QED) is 0.851. The van der Waals surface area contributed by atoms with Crippen molar-refractivity contribution in [2.75, 3.05) is 22.6 Å². The van der Waals surface area contributed by atoms with Gasteiger partial charge in [-0.15, -0.1) is 11.6 Å². The molecule has 2 aromatic rings. The number of carbonyl (C=O) groups is 2. The summed E-state index contributed by atoms with van der Waals surface area (Å²) in [5.74, 6) is -0.253. The predicted molar refractivity (Wildman–Crippen MR) is 84.5 cm³/mol. The number of benzene rings is 1. The molecule has 1 aromatic heterocycles. The number of nitrogens with one attached hydrogen (secondary N) is 2. The van der Waals surface area contributed by atoms with E-state index >= 15 is 0 Å². The number of amides is 2. The summed E-state index contributed by atoms with van der Waals surface area (Å²) < 4.78 is 0. The van der Waals surface area contributed by atoms with Gasteiger partial charge < -0.3 is 10.2 Å². The normalized spacial score (nSPS) is 13.9. The molecular weight excluding hydrogens is 304 g/mol. The number of nitrogens with zero attached hydrogens (tertiary/aromatic N) is 2. The van der Waals surface area contributed by atoms with Crippen LogP contribution in [0.15, 0.2) is 24.3 Å². The number of rotatable bonds is 3. The van der Waals surface area contributed by atoms with Crippen LogP contribution in [0.2, 0.25) is 0 Å². The van der Waals surface area contributed by atoms with Crippen LogP contribution in [0, 0.1) is 6.92 Å². The Kier molecular flexibility index (Phi) is 3.85. The number of H-pyrrole nitrogens is 1. The highest BCUT2D eigenvalue weighted by atomic mass is 35.5. The fourth-order valence-corrected chi connectivity index (χ4v) is 2.55. The average molecular weight is 319 g/mol. The molecule has 0 bridgehead atoms. The van der Waals surface area contributed by atoms with Gasteiger partial charge in [-0.1, -0.05) is 17.7 Å². The minimum Gasteiger partial charge on any atom is -0.308 e. The van der Waals surface area contributed by atoms with Gasteiger partial charge in [-0.3, -0.25) is 14.7 Å². The highest BCUT2D eigenvalue weighted by Crippen LogP contribution is 2.27. The Balaban J connectivity index is 1.87. The zero-order valence-corrected chi connectivity index (χ0v) is 12.8. The summed E-state index contributed by atoms with van der Waals surface area (Å²) in [7, 11) is 0. The van der Waals surface area contributed by atoms with E-state index in [-0.39, 0.29) is 17.7 Å². The number of anilines is 2. The Bertz CT molecular complexity index is 724. The SMILES string of the molecule is Cc1ccc(N2CCc3c(NC(=O)CCl)n[nH]c3C2=O)cc1. The lowest BCUT2D eigenvalue weighted by atomic mass is 10.0. The van der Waals surface area contributed by atoms with Crippen molar-refractivity contribution in [3.63, 3.8) is 0 Å². The van der Waals surface area contributed by atoms with Crippen LogP contribution in [0.4, 0.5) is 11.5 Å². The molecule has 0 radical (unpaired) electrons. The van der Waals surface area contributed by atoms with Crippen LogP contribution in [-0.4, -0.2) is 34.4 Å². The maximum atomic E-state index is 12.6. The van der Waals surface area contributed by atoms with Gasteiger partial charge in [0.2, 0.25) is 5.91 Å². The molecule has 6 nitrogen and oxygen atoms in total. The molecule has 0 saturated carbocycles. The van der Waals surface area contributed by atoms with Crippen molar-refractivity contribution in [3.8, 4) is 0 Å². The van der Waals surface area contributed by atoms with Crippen LogP contribution >= 0.6 is 11.6 Å². The van der Waals surface area contributed by atoms with E-state index in [1.54, 1.807) is 4.90 Å².